The summed E-state index contributed by atoms with van der Waals surface area (Å²) in [6.07, 6.45) is 0. The molecule has 2 heteroatoms. The first kappa shape index (κ1) is 9.23. The number of rotatable bonds is 2. The summed E-state index contributed by atoms with van der Waals surface area (Å²) in [5.41, 5.74) is 13.7. The highest BCUT2D eigenvalue weighted by Crippen LogP contribution is 2.14. The summed E-state index contributed by atoms with van der Waals surface area (Å²) in [4.78, 5) is 0. The smallest absolute Gasteiger partial charge is 0.0266 e. The van der Waals surface area contributed by atoms with Gasteiger partial charge in [-0.05, 0) is 25.0 Å². The quantitative estimate of drug-likeness (QED) is 0.699. The molecule has 0 aromatic heterocycles. The van der Waals surface area contributed by atoms with Crippen molar-refractivity contribution < 1.29 is 0 Å². The third-order valence-electron chi connectivity index (χ3n) is 1.99. The highest BCUT2D eigenvalue weighted by Gasteiger charge is 2.00. The molecule has 66 valence electrons. The minimum atomic E-state index is 0.104. The second-order valence-corrected chi connectivity index (χ2v) is 3.24. The van der Waals surface area contributed by atoms with E-state index in [1.807, 2.05) is 38.1 Å². The van der Waals surface area contributed by atoms with Crippen LogP contribution in [0, 0.1) is 0 Å². The lowest BCUT2D eigenvalue weighted by atomic mass is 10.0. The van der Waals surface area contributed by atoms with E-state index in [-0.39, 0.29) is 12.1 Å². The second-order valence-electron chi connectivity index (χ2n) is 3.24. The summed E-state index contributed by atoms with van der Waals surface area (Å²) in [6, 6.07) is 8.33. The molecule has 1 aromatic rings. The Bertz CT molecular complexity index is 210. The lowest BCUT2D eigenvalue weighted by molar-refractivity contribution is 0.799. The van der Waals surface area contributed by atoms with Gasteiger partial charge in [0.05, 0.1) is 0 Å². The maximum absolute atomic E-state index is 5.71. The molecule has 0 fully saturated rings. The van der Waals surface area contributed by atoms with E-state index in [4.69, 9.17) is 11.5 Å². The van der Waals surface area contributed by atoms with Crippen LogP contribution in [0.3, 0.4) is 0 Å². The molecule has 4 N–H and O–H groups in total. The maximum Gasteiger partial charge on any atom is 0.0266 e. The first-order chi connectivity index (χ1) is 5.61. The van der Waals surface area contributed by atoms with Crippen molar-refractivity contribution in [1.82, 2.24) is 0 Å². The van der Waals surface area contributed by atoms with E-state index in [2.05, 4.69) is 0 Å². The molecule has 0 aliphatic carbocycles. The molecule has 2 atom stereocenters. The van der Waals surface area contributed by atoms with Gasteiger partial charge in [0, 0.05) is 12.1 Å². The fraction of sp³-hybridized carbons (Fsp3) is 0.400. The van der Waals surface area contributed by atoms with Crippen molar-refractivity contribution in [3.63, 3.8) is 0 Å². The van der Waals surface area contributed by atoms with Gasteiger partial charge < -0.3 is 11.5 Å². The molecule has 0 amide bonds. The van der Waals surface area contributed by atoms with Crippen LogP contribution in [0.15, 0.2) is 24.3 Å². The van der Waals surface area contributed by atoms with Crippen LogP contribution < -0.4 is 11.5 Å². The fourth-order valence-corrected chi connectivity index (χ4v) is 1.10. The van der Waals surface area contributed by atoms with E-state index >= 15 is 0 Å². The first-order valence-corrected chi connectivity index (χ1v) is 4.22. The molecule has 0 aliphatic heterocycles. The van der Waals surface area contributed by atoms with Crippen LogP contribution in [0.5, 0.6) is 0 Å². The zero-order chi connectivity index (χ0) is 9.14. The fourth-order valence-electron chi connectivity index (χ4n) is 1.10. The highest BCUT2D eigenvalue weighted by atomic mass is 14.6. The maximum atomic E-state index is 5.71. The van der Waals surface area contributed by atoms with Crippen molar-refractivity contribution in [3.8, 4) is 0 Å². The lowest BCUT2D eigenvalue weighted by Gasteiger charge is -2.08. The van der Waals surface area contributed by atoms with Crippen LogP contribution in [0.2, 0.25) is 0 Å². The molecule has 1 rings (SSSR count). The number of benzene rings is 1. The molecule has 0 saturated carbocycles. The Morgan fingerprint density at radius 2 is 1.08 bits per heavy atom. The molecule has 2 nitrogen and oxygen atoms in total. The Morgan fingerprint density at radius 3 is 1.25 bits per heavy atom. The van der Waals surface area contributed by atoms with Gasteiger partial charge in [-0.15, -0.1) is 0 Å². The predicted octanol–water partition coefficient (Wildman–Crippen LogP) is 1.73. The van der Waals surface area contributed by atoms with Gasteiger partial charge in [0.15, 0.2) is 0 Å². The van der Waals surface area contributed by atoms with Crippen molar-refractivity contribution in [3.05, 3.63) is 35.4 Å². The Morgan fingerprint density at radius 1 is 0.833 bits per heavy atom. The molecule has 0 unspecified atom stereocenters. The van der Waals surface area contributed by atoms with Crippen molar-refractivity contribution in [2.24, 2.45) is 11.5 Å². The molecule has 0 radical (unpaired) electrons. The Labute approximate surface area is 73.6 Å². The summed E-state index contributed by atoms with van der Waals surface area (Å²) in [7, 11) is 0. The molecule has 0 saturated heterocycles. The number of hydrogen-bond donors (Lipinski definition) is 2. The van der Waals surface area contributed by atoms with Crippen molar-refractivity contribution in [2.75, 3.05) is 0 Å². The molecule has 12 heavy (non-hydrogen) atoms. The Kier molecular flexibility index (Phi) is 2.84. The van der Waals surface area contributed by atoms with Crippen LogP contribution in [0.1, 0.15) is 37.1 Å². The van der Waals surface area contributed by atoms with E-state index in [9.17, 15) is 0 Å². The van der Waals surface area contributed by atoms with Crippen molar-refractivity contribution in [2.45, 2.75) is 25.9 Å². The summed E-state index contributed by atoms with van der Waals surface area (Å²) >= 11 is 0. The summed E-state index contributed by atoms with van der Waals surface area (Å²) in [5, 5.41) is 0. The van der Waals surface area contributed by atoms with Crippen LogP contribution in [-0.2, 0) is 0 Å². The molecule has 0 spiro atoms. The van der Waals surface area contributed by atoms with Gasteiger partial charge in [-0.25, -0.2) is 0 Å². The molecule has 0 bridgehead atoms. The van der Waals surface area contributed by atoms with Gasteiger partial charge in [-0.1, -0.05) is 24.3 Å². The van der Waals surface area contributed by atoms with Crippen LogP contribution in [0.4, 0.5) is 0 Å². The van der Waals surface area contributed by atoms with Gasteiger partial charge in [0.2, 0.25) is 0 Å². The third kappa shape index (κ3) is 2.06. The van der Waals surface area contributed by atoms with E-state index in [0.29, 0.717) is 0 Å². The minimum absolute atomic E-state index is 0.104. The van der Waals surface area contributed by atoms with Gasteiger partial charge in [0.25, 0.3) is 0 Å². The lowest BCUT2D eigenvalue weighted by Crippen LogP contribution is -2.07. The number of hydrogen-bond acceptors (Lipinski definition) is 2. The molecule has 0 aliphatic rings. The topological polar surface area (TPSA) is 52.0 Å². The third-order valence-corrected chi connectivity index (χ3v) is 1.99. The summed E-state index contributed by atoms with van der Waals surface area (Å²) in [6.45, 7) is 3.95. The Balaban J connectivity index is 2.86. The standard InChI is InChI=1S/C10H16N2/c1-7(11)9-3-5-10(6-4-9)8(2)12/h3-8H,11-12H2,1-2H3/t7-,8-/m1/s1. The van der Waals surface area contributed by atoms with Crippen LogP contribution in [-0.4, -0.2) is 0 Å². The molecule has 1 aromatic carbocycles. The minimum Gasteiger partial charge on any atom is -0.324 e. The SMILES string of the molecule is C[C@@H](N)c1ccc([C@@H](C)N)cc1. The normalized spacial score (nSPS) is 15.7. The van der Waals surface area contributed by atoms with Gasteiger partial charge in [-0.2, -0.15) is 0 Å². The average molecular weight is 164 g/mol. The van der Waals surface area contributed by atoms with Crippen molar-refractivity contribution >= 4 is 0 Å². The van der Waals surface area contributed by atoms with Crippen LogP contribution >= 0.6 is 0 Å². The number of nitrogens with two attached hydrogens (primary N) is 2. The molecule has 0 heterocycles. The predicted molar refractivity (Wildman–Crippen MR) is 51.6 cm³/mol. The van der Waals surface area contributed by atoms with Crippen molar-refractivity contribution in [1.29, 1.82) is 0 Å². The summed E-state index contributed by atoms with van der Waals surface area (Å²) in [5.74, 6) is 0. The van der Waals surface area contributed by atoms with Gasteiger partial charge in [0.1, 0.15) is 0 Å². The summed E-state index contributed by atoms with van der Waals surface area (Å²) < 4.78 is 0. The van der Waals surface area contributed by atoms with E-state index in [1.165, 1.54) is 0 Å². The largest absolute Gasteiger partial charge is 0.324 e. The first-order valence-electron chi connectivity index (χ1n) is 4.22. The molecular formula is C10H16N2. The van der Waals surface area contributed by atoms with E-state index in [1.54, 1.807) is 0 Å². The van der Waals surface area contributed by atoms with E-state index < -0.39 is 0 Å². The van der Waals surface area contributed by atoms with E-state index in [0.717, 1.165) is 11.1 Å². The zero-order valence-corrected chi connectivity index (χ0v) is 7.62. The van der Waals surface area contributed by atoms with Gasteiger partial charge >= 0.3 is 0 Å². The average Bonchev–Trinajstić information content (AvgIpc) is 2.04. The Hall–Kier alpha value is -0.860. The second kappa shape index (κ2) is 3.70. The highest BCUT2D eigenvalue weighted by molar-refractivity contribution is 5.25. The van der Waals surface area contributed by atoms with Crippen LogP contribution in [0.25, 0.3) is 0 Å². The monoisotopic (exact) mass is 164 g/mol. The van der Waals surface area contributed by atoms with Gasteiger partial charge in [-0.3, -0.25) is 0 Å². The zero-order valence-electron chi connectivity index (χ0n) is 7.62. The molecular weight excluding hydrogens is 148 g/mol.